The average molecular weight is 656 g/mol. The minimum Gasteiger partial charge on any atom is -0.494 e. The molecule has 3 N–H and O–H groups in total. The van der Waals surface area contributed by atoms with Crippen LogP contribution >= 0.6 is 23.2 Å². The summed E-state index contributed by atoms with van der Waals surface area (Å²) in [6.07, 6.45) is 2.09. The summed E-state index contributed by atoms with van der Waals surface area (Å²) in [5, 5.41) is 10.4. The predicted molar refractivity (Wildman–Crippen MR) is 172 cm³/mol. The van der Waals surface area contributed by atoms with Crippen molar-refractivity contribution >= 4 is 52.4 Å². The second-order valence-corrected chi connectivity index (χ2v) is 13.3. The molecule has 3 heterocycles. The molecule has 2 amide bonds. The van der Waals surface area contributed by atoms with Crippen molar-refractivity contribution in [3.05, 3.63) is 76.0 Å². The molecular formula is C33H36Cl2N4O6. The Morgan fingerprint density at radius 2 is 1.84 bits per heavy atom. The molecule has 1 spiro atoms. The van der Waals surface area contributed by atoms with Crippen LogP contribution in [0.5, 0.6) is 11.5 Å². The van der Waals surface area contributed by atoms with Crippen LogP contribution in [0.1, 0.15) is 51.3 Å². The lowest BCUT2D eigenvalue weighted by Crippen LogP contribution is -2.50. The predicted octanol–water partition coefficient (Wildman–Crippen LogP) is 5.73. The fourth-order valence-electron chi connectivity index (χ4n) is 6.37. The highest BCUT2D eigenvalue weighted by Crippen LogP contribution is 2.56. The van der Waals surface area contributed by atoms with Crippen molar-refractivity contribution in [1.82, 2.24) is 10.3 Å². The number of hydrogen-bond donors (Lipinski definition) is 3. The fraction of sp³-hybridized carbons (Fsp3) is 0.394. The van der Waals surface area contributed by atoms with E-state index in [9.17, 15) is 14.4 Å². The minimum absolute atomic E-state index is 0.101. The molecule has 1 saturated heterocycles. The summed E-state index contributed by atoms with van der Waals surface area (Å²) < 4.78 is 16.2. The lowest BCUT2D eigenvalue weighted by molar-refractivity contribution is -0.141. The number of esters is 1. The van der Waals surface area contributed by atoms with Crippen molar-refractivity contribution in [2.24, 2.45) is 5.41 Å². The first kappa shape index (κ1) is 32.5. The van der Waals surface area contributed by atoms with Crippen LogP contribution in [-0.2, 0) is 24.5 Å². The summed E-state index contributed by atoms with van der Waals surface area (Å²) >= 11 is 12.8. The molecule has 45 heavy (non-hydrogen) atoms. The largest absolute Gasteiger partial charge is 0.494 e. The van der Waals surface area contributed by atoms with Gasteiger partial charge in [-0.1, -0.05) is 56.1 Å². The lowest BCUT2D eigenvalue weighted by Gasteiger charge is -2.36. The average Bonchev–Trinajstić information content (AvgIpc) is 3.44. The highest BCUT2D eigenvalue weighted by Gasteiger charge is 2.66. The van der Waals surface area contributed by atoms with Crippen LogP contribution in [0.15, 0.2) is 54.7 Å². The number of nitrogens with zero attached hydrogens (tertiary/aromatic N) is 1. The van der Waals surface area contributed by atoms with E-state index < -0.39 is 29.4 Å². The van der Waals surface area contributed by atoms with E-state index in [2.05, 4.69) is 36.7 Å². The maximum Gasteiger partial charge on any atom is 0.302 e. The first-order chi connectivity index (χ1) is 21.3. The summed E-state index contributed by atoms with van der Waals surface area (Å²) in [7, 11) is 1.49. The number of hydrogen-bond acceptors (Lipinski definition) is 8. The number of benzene rings is 2. The Morgan fingerprint density at radius 1 is 1.07 bits per heavy atom. The van der Waals surface area contributed by atoms with Crippen molar-refractivity contribution in [3.63, 3.8) is 0 Å². The van der Waals surface area contributed by atoms with Crippen molar-refractivity contribution in [2.45, 2.75) is 57.5 Å². The van der Waals surface area contributed by atoms with Crippen LogP contribution in [0.3, 0.4) is 0 Å². The number of anilines is 2. The zero-order chi connectivity index (χ0) is 32.5. The molecule has 12 heteroatoms. The van der Waals surface area contributed by atoms with E-state index in [-0.39, 0.29) is 30.4 Å². The molecule has 0 unspecified atom stereocenters. The molecule has 0 radical (unpaired) electrons. The molecule has 1 aromatic heterocycles. The molecule has 10 nitrogen and oxygen atoms in total. The van der Waals surface area contributed by atoms with Gasteiger partial charge >= 0.3 is 5.97 Å². The topological polar surface area (TPSA) is 128 Å². The second kappa shape index (κ2) is 12.9. The maximum atomic E-state index is 14.3. The van der Waals surface area contributed by atoms with E-state index in [1.165, 1.54) is 20.2 Å². The van der Waals surface area contributed by atoms with Crippen molar-refractivity contribution in [1.29, 1.82) is 0 Å². The summed E-state index contributed by atoms with van der Waals surface area (Å²) in [6.45, 7) is 7.86. The van der Waals surface area contributed by atoms with Crippen molar-refractivity contribution in [3.8, 4) is 11.5 Å². The Labute approximate surface area is 272 Å². The molecule has 2 aliphatic rings. The highest BCUT2D eigenvalue weighted by atomic mass is 35.5. The Hall–Kier alpha value is -3.86. The molecule has 238 valence electrons. The first-order valence-electron chi connectivity index (χ1n) is 14.6. The van der Waals surface area contributed by atoms with E-state index in [0.29, 0.717) is 45.0 Å². The number of rotatable bonds is 9. The monoisotopic (exact) mass is 654 g/mol. The summed E-state index contributed by atoms with van der Waals surface area (Å²) in [4.78, 5) is 44.3. The van der Waals surface area contributed by atoms with Gasteiger partial charge in [-0.15, -0.1) is 0 Å². The van der Waals surface area contributed by atoms with E-state index in [1.54, 1.807) is 36.4 Å². The van der Waals surface area contributed by atoms with Gasteiger partial charge in [0.1, 0.15) is 30.1 Å². The van der Waals surface area contributed by atoms with Gasteiger partial charge in [0.2, 0.25) is 11.8 Å². The fourth-order valence-corrected chi connectivity index (χ4v) is 6.72. The number of amides is 2. The van der Waals surface area contributed by atoms with E-state index >= 15 is 0 Å². The zero-order valence-electron chi connectivity index (χ0n) is 25.7. The van der Waals surface area contributed by atoms with E-state index in [4.69, 9.17) is 42.4 Å². The van der Waals surface area contributed by atoms with Crippen LogP contribution < -0.4 is 25.4 Å². The molecule has 2 aromatic carbocycles. The van der Waals surface area contributed by atoms with Gasteiger partial charge in [0.05, 0.1) is 35.2 Å². The van der Waals surface area contributed by atoms with Gasteiger partial charge < -0.3 is 30.2 Å². The third-order valence-electron chi connectivity index (χ3n) is 8.02. The van der Waals surface area contributed by atoms with Crippen LogP contribution in [0.2, 0.25) is 10.0 Å². The number of aromatic nitrogens is 1. The molecule has 4 atom stereocenters. The van der Waals surface area contributed by atoms with Crippen LogP contribution in [-0.4, -0.2) is 55.2 Å². The number of halogens is 2. The number of carbonyl (C=O) groups excluding carboxylic acids is 3. The van der Waals surface area contributed by atoms with Crippen LogP contribution in [0.4, 0.5) is 11.4 Å². The quantitative estimate of drug-likeness (QED) is 0.197. The van der Waals surface area contributed by atoms with Gasteiger partial charge in [-0.2, -0.15) is 0 Å². The Morgan fingerprint density at radius 3 is 2.53 bits per heavy atom. The number of methoxy groups -OCH3 is 1. The Balaban J connectivity index is 1.55. The summed E-state index contributed by atoms with van der Waals surface area (Å²) in [6, 6.07) is 12.6. The Kier molecular flexibility index (Phi) is 9.30. The van der Waals surface area contributed by atoms with Gasteiger partial charge in [0.25, 0.3) is 0 Å². The van der Waals surface area contributed by atoms with E-state index in [1.807, 2.05) is 12.1 Å². The summed E-state index contributed by atoms with van der Waals surface area (Å²) in [5.41, 5.74) is 0.729. The number of fused-ring (bicyclic) bond motifs is 2. The van der Waals surface area contributed by atoms with Crippen LogP contribution in [0.25, 0.3) is 0 Å². The van der Waals surface area contributed by atoms with Gasteiger partial charge in [0, 0.05) is 36.2 Å². The molecule has 0 saturated carbocycles. The maximum absolute atomic E-state index is 14.3. The Bertz CT molecular complexity index is 1630. The van der Waals surface area contributed by atoms with Gasteiger partial charge in [-0.25, -0.2) is 0 Å². The van der Waals surface area contributed by atoms with Gasteiger partial charge in [0.15, 0.2) is 0 Å². The smallest absolute Gasteiger partial charge is 0.302 e. The normalized spacial score (nSPS) is 22.1. The molecule has 0 bridgehead atoms. The highest BCUT2D eigenvalue weighted by molar-refractivity contribution is 6.31. The second-order valence-electron chi connectivity index (χ2n) is 12.4. The first-order valence-corrected chi connectivity index (χ1v) is 15.3. The lowest BCUT2D eigenvalue weighted by atomic mass is 9.64. The zero-order valence-corrected chi connectivity index (χ0v) is 27.2. The standard InChI is InChI=1S/C33H36Cl2N4O6/c1-18(40)44-11-12-45-22-9-10-23(25(15-22)43-5)37-30(41)28-27(19-7-6-8-20(34)13-19)33(26(39-28)16-32(2,3)4)29-24(38-31(33)42)14-21(35)17-36-29/h6-10,13-15,17,26-28,39H,11-12,16H2,1-5H3,(H,37,41)(H,38,42)/t26-,27-,28+,33+/m0/s1. The number of ether oxygens (including phenoxy) is 3. The molecule has 3 aromatic rings. The molecule has 5 rings (SSSR count). The molecule has 1 fully saturated rings. The molecule has 2 aliphatic heterocycles. The number of nitrogens with one attached hydrogen (secondary N) is 3. The molecular weight excluding hydrogens is 619 g/mol. The number of carbonyl (C=O) groups is 3. The summed E-state index contributed by atoms with van der Waals surface area (Å²) in [5.74, 6) is -0.869. The number of pyridine rings is 1. The van der Waals surface area contributed by atoms with Crippen molar-refractivity contribution < 1.29 is 28.6 Å². The third-order valence-corrected chi connectivity index (χ3v) is 8.46. The van der Waals surface area contributed by atoms with E-state index in [0.717, 1.165) is 5.56 Å². The molecule has 0 aliphatic carbocycles. The minimum atomic E-state index is -1.25. The van der Waals surface area contributed by atoms with Crippen LogP contribution in [0, 0.1) is 5.41 Å². The SMILES string of the molecule is COc1cc(OCCOC(C)=O)ccc1NC(=O)[C@@H]1N[C@@H](CC(C)(C)C)[C@@]2(C(=O)Nc3cc(Cl)cnc32)[C@H]1c1cccc(Cl)c1. The van der Waals surface area contributed by atoms with Crippen molar-refractivity contribution in [2.75, 3.05) is 31.0 Å². The van der Waals surface area contributed by atoms with Gasteiger partial charge in [-0.3, -0.25) is 19.4 Å². The third kappa shape index (κ3) is 6.59. The van der Waals surface area contributed by atoms with Gasteiger partial charge in [-0.05, 0) is 47.7 Å².